The van der Waals surface area contributed by atoms with Crippen molar-refractivity contribution in [1.82, 2.24) is 4.98 Å². The number of esters is 4. The lowest BCUT2D eigenvalue weighted by Gasteiger charge is -2.25. The van der Waals surface area contributed by atoms with Crippen LogP contribution in [0.5, 0.6) is 0 Å². The normalized spacial score (nSPS) is 19.0. The number of nitrogens with one attached hydrogen (secondary N) is 1. The highest BCUT2D eigenvalue weighted by molar-refractivity contribution is 7.14. The lowest BCUT2D eigenvalue weighted by molar-refractivity contribution is -0.0441. The number of hydrogen-bond acceptors (Lipinski definition) is 12. The Kier molecular flexibility index (Phi) is 9.95. The van der Waals surface area contributed by atoms with E-state index in [4.69, 9.17) is 23.7 Å². The predicted molar refractivity (Wildman–Crippen MR) is 158 cm³/mol. The van der Waals surface area contributed by atoms with Gasteiger partial charge in [0.05, 0.1) is 28.8 Å². The molecule has 4 atom stereocenters. The quantitative estimate of drug-likeness (QED) is 0.184. The highest BCUT2D eigenvalue weighted by Gasteiger charge is 2.51. The van der Waals surface area contributed by atoms with E-state index in [1.54, 1.807) is 97.9 Å². The van der Waals surface area contributed by atoms with Crippen LogP contribution >= 0.6 is 11.3 Å². The number of rotatable bonds is 11. The van der Waals surface area contributed by atoms with Crippen LogP contribution in [-0.2, 0) is 23.7 Å². The van der Waals surface area contributed by atoms with Gasteiger partial charge >= 0.3 is 23.9 Å². The summed E-state index contributed by atoms with van der Waals surface area (Å²) in [6.45, 7) is 1.47. The number of thiazole rings is 1. The maximum Gasteiger partial charge on any atom is 0.360 e. The Balaban J connectivity index is 1.46. The molecule has 1 saturated heterocycles. The molecule has 4 aromatic rings. The number of hydrogen-bond donors (Lipinski definition) is 1. The maximum atomic E-state index is 13.3. The van der Waals surface area contributed by atoms with Crippen molar-refractivity contribution >= 4 is 40.2 Å². The van der Waals surface area contributed by atoms with Crippen LogP contribution in [0.2, 0.25) is 0 Å². The van der Waals surface area contributed by atoms with Gasteiger partial charge in [0.15, 0.2) is 24.1 Å². The van der Waals surface area contributed by atoms with Crippen molar-refractivity contribution in [3.05, 3.63) is 119 Å². The third kappa shape index (κ3) is 7.28. The van der Waals surface area contributed by atoms with Crippen LogP contribution < -0.4 is 5.32 Å². The van der Waals surface area contributed by atoms with Gasteiger partial charge in [0.25, 0.3) is 0 Å². The SMILES string of the molecule is CCOC(=O)c1ncsc1N[C@@H]1O[C@H](COC(=O)c2ccccc2)[C@@H](OC(=O)c2ccccc2)[C@H]1OC(=O)c1ccccc1. The highest BCUT2D eigenvalue weighted by Crippen LogP contribution is 2.32. The molecule has 5 rings (SSSR count). The number of aromatic nitrogens is 1. The van der Waals surface area contributed by atoms with Crippen molar-refractivity contribution in [1.29, 1.82) is 0 Å². The van der Waals surface area contributed by atoms with E-state index >= 15 is 0 Å². The van der Waals surface area contributed by atoms with Gasteiger partial charge < -0.3 is 29.0 Å². The monoisotopic (exact) mass is 616 g/mol. The van der Waals surface area contributed by atoms with E-state index in [2.05, 4.69) is 10.3 Å². The Morgan fingerprint density at radius 2 is 1.25 bits per heavy atom. The topological polar surface area (TPSA) is 139 Å². The Morgan fingerprint density at radius 1 is 0.727 bits per heavy atom. The molecule has 0 amide bonds. The van der Waals surface area contributed by atoms with Gasteiger partial charge in [0, 0.05) is 0 Å². The largest absolute Gasteiger partial charge is 0.461 e. The summed E-state index contributed by atoms with van der Waals surface area (Å²) in [5, 5.41) is 3.33. The molecular formula is C32H28N2O9S. The summed E-state index contributed by atoms with van der Waals surface area (Å²) < 4.78 is 28.6. The smallest absolute Gasteiger partial charge is 0.360 e. The third-order valence-electron chi connectivity index (χ3n) is 6.51. The number of anilines is 1. The zero-order valence-electron chi connectivity index (χ0n) is 23.5. The molecule has 0 bridgehead atoms. The van der Waals surface area contributed by atoms with Crippen molar-refractivity contribution in [3.63, 3.8) is 0 Å². The van der Waals surface area contributed by atoms with Crippen LogP contribution in [0.15, 0.2) is 96.5 Å². The molecule has 11 nitrogen and oxygen atoms in total. The summed E-state index contributed by atoms with van der Waals surface area (Å²) in [5.41, 5.74) is 2.27. The Morgan fingerprint density at radius 3 is 1.80 bits per heavy atom. The molecular weight excluding hydrogens is 588 g/mol. The van der Waals surface area contributed by atoms with Crippen molar-refractivity contribution in [2.24, 2.45) is 0 Å². The van der Waals surface area contributed by atoms with E-state index in [1.807, 2.05) is 0 Å². The van der Waals surface area contributed by atoms with Gasteiger partial charge in [0.1, 0.15) is 17.7 Å². The van der Waals surface area contributed by atoms with Gasteiger partial charge in [-0.15, -0.1) is 11.3 Å². The molecule has 1 N–H and O–H groups in total. The van der Waals surface area contributed by atoms with E-state index in [9.17, 15) is 19.2 Å². The predicted octanol–water partition coefficient (Wildman–Crippen LogP) is 4.76. The average Bonchev–Trinajstić information content (AvgIpc) is 3.65. The second-order valence-electron chi connectivity index (χ2n) is 9.43. The molecule has 12 heteroatoms. The van der Waals surface area contributed by atoms with Crippen LogP contribution in [0, 0.1) is 0 Å². The van der Waals surface area contributed by atoms with E-state index in [0.717, 1.165) is 11.3 Å². The molecule has 3 aromatic carbocycles. The number of carbonyl (C=O) groups excluding carboxylic acids is 4. The van der Waals surface area contributed by atoms with Gasteiger partial charge in [-0.1, -0.05) is 54.6 Å². The Hall–Kier alpha value is -5.07. The van der Waals surface area contributed by atoms with Crippen molar-refractivity contribution in [3.8, 4) is 0 Å². The molecule has 226 valence electrons. The first-order valence-electron chi connectivity index (χ1n) is 13.7. The van der Waals surface area contributed by atoms with Gasteiger partial charge in [-0.2, -0.15) is 0 Å². The van der Waals surface area contributed by atoms with Crippen LogP contribution in [0.4, 0.5) is 5.00 Å². The second kappa shape index (κ2) is 14.4. The maximum absolute atomic E-state index is 13.3. The van der Waals surface area contributed by atoms with Crippen LogP contribution in [-0.4, -0.2) is 66.6 Å². The molecule has 0 spiro atoms. The molecule has 1 aromatic heterocycles. The van der Waals surface area contributed by atoms with Crippen molar-refractivity contribution < 1.29 is 42.9 Å². The Labute approximate surface area is 256 Å². The summed E-state index contributed by atoms with van der Waals surface area (Å²) in [5.74, 6) is -2.69. The first-order valence-corrected chi connectivity index (χ1v) is 14.6. The molecule has 2 heterocycles. The highest BCUT2D eigenvalue weighted by atomic mass is 32.1. The first-order chi connectivity index (χ1) is 21.4. The molecule has 0 aliphatic carbocycles. The average molecular weight is 617 g/mol. The molecule has 44 heavy (non-hydrogen) atoms. The van der Waals surface area contributed by atoms with E-state index in [-0.39, 0.29) is 35.0 Å². The molecule has 1 fully saturated rings. The summed E-state index contributed by atoms with van der Waals surface area (Å²) in [6, 6.07) is 24.9. The summed E-state index contributed by atoms with van der Waals surface area (Å²) in [7, 11) is 0. The summed E-state index contributed by atoms with van der Waals surface area (Å²) in [6.07, 6.45) is -4.69. The molecule has 0 radical (unpaired) electrons. The zero-order chi connectivity index (χ0) is 30.9. The lowest BCUT2D eigenvalue weighted by atomic mass is 10.1. The third-order valence-corrected chi connectivity index (χ3v) is 7.27. The fourth-order valence-corrected chi connectivity index (χ4v) is 5.11. The molecule has 1 aliphatic heterocycles. The van der Waals surface area contributed by atoms with Crippen LogP contribution in [0.3, 0.4) is 0 Å². The number of benzene rings is 3. The van der Waals surface area contributed by atoms with Crippen LogP contribution in [0.1, 0.15) is 48.5 Å². The fourth-order valence-electron chi connectivity index (χ4n) is 4.42. The molecule has 0 saturated carbocycles. The second-order valence-corrected chi connectivity index (χ2v) is 10.3. The number of nitrogens with zero attached hydrogens (tertiary/aromatic N) is 1. The summed E-state index contributed by atoms with van der Waals surface area (Å²) >= 11 is 1.10. The number of ether oxygens (including phenoxy) is 5. The lowest BCUT2D eigenvalue weighted by Crippen LogP contribution is -2.43. The van der Waals surface area contributed by atoms with Gasteiger partial charge in [0.2, 0.25) is 0 Å². The van der Waals surface area contributed by atoms with Gasteiger partial charge in [-0.25, -0.2) is 24.2 Å². The van der Waals surface area contributed by atoms with E-state index < -0.39 is 48.4 Å². The number of carbonyl (C=O) groups is 4. The van der Waals surface area contributed by atoms with Crippen molar-refractivity contribution in [2.45, 2.75) is 31.5 Å². The molecule has 0 unspecified atom stereocenters. The fraction of sp³-hybridized carbons (Fsp3) is 0.219. The van der Waals surface area contributed by atoms with E-state index in [0.29, 0.717) is 5.56 Å². The minimum absolute atomic E-state index is 0.00497. The zero-order valence-corrected chi connectivity index (χ0v) is 24.3. The minimum Gasteiger partial charge on any atom is -0.461 e. The van der Waals surface area contributed by atoms with Crippen LogP contribution in [0.25, 0.3) is 0 Å². The van der Waals surface area contributed by atoms with Crippen molar-refractivity contribution in [2.75, 3.05) is 18.5 Å². The minimum atomic E-state index is -1.24. The van der Waals surface area contributed by atoms with E-state index in [1.165, 1.54) is 5.51 Å². The first kappa shape index (κ1) is 30.4. The van der Waals surface area contributed by atoms with Gasteiger partial charge in [-0.05, 0) is 43.3 Å². The van der Waals surface area contributed by atoms with Gasteiger partial charge in [-0.3, -0.25) is 0 Å². The Bertz CT molecular complexity index is 1580. The molecule has 1 aliphatic rings. The standard InChI is InChI=1S/C32H28N2O9S/c1-2-39-32(38)24-28(44-19-33-24)34-27-26(43-31(37)22-16-10-5-11-17-22)25(42-30(36)21-14-8-4-9-15-21)23(41-27)18-40-29(35)20-12-6-3-7-13-20/h3-17,19,23,25-27,34H,2,18H2,1H3/t23-,25-,26-,27-/m1/s1. The summed E-state index contributed by atoms with van der Waals surface area (Å²) in [4.78, 5) is 55.9.